The zero-order valence-electron chi connectivity index (χ0n) is 8.82. The van der Waals surface area contributed by atoms with Crippen LogP contribution >= 0.6 is 43.5 Å². The minimum Gasteiger partial charge on any atom is -0.320 e. The Morgan fingerprint density at radius 1 is 1.22 bits per heavy atom. The highest BCUT2D eigenvalue weighted by atomic mass is 79.9. The van der Waals surface area contributed by atoms with Gasteiger partial charge in [0.25, 0.3) is 5.91 Å². The van der Waals surface area contributed by atoms with Crippen molar-refractivity contribution < 1.29 is 4.79 Å². The van der Waals surface area contributed by atoms with Gasteiger partial charge >= 0.3 is 0 Å². The fourth-order valence-corrected chi connectivity index (χ4v) is 1.99. The second kappa shape index (κ2) is 5.77. The fourth-order valence-electron chi connectivity index (χ4n) is 1.23. The van der Waals surface area contributed by atoms with Crippen molar-refractivity contribution >= 4 is 55.1 Å². The summed E-state index contributed by atoms with van der Waals surface area (Å²) in [5.74, 6) is -0.335. The van der Waals surface area contributed by atoms with Gasteiger partial charge in [0.1, 0.15) is 9.76 Å². The molecule has 0 aliphatic carbocycles. The van der Waals surface area contributed by atoms with Gasteiger partial charge in [0.2, 0.25) is 0 Å². The van der Waals surface area contributed by atoms with Gasteiger partial charge in [-0.05, 0) is 50.1 Å². The summed E-state index contributed by atoms with van der Waals surface area (Å²) in [6, 6.07) is 5.07. The third-order valence-corrected chi connectivity index (χ3v) is 3.24. The second-order valence-electron chi connectivity index (χ2n) is 3.32. The van der Waals surface area contributed by atoms with Crippen LogP contribution in [-0.2, 0) is 0 Å². The molecule has 0 radical (unpaired) electrons. The Labute approximate surface area is 125 Å². The fraction of sp³-hybridized carbons (Fsp3) is 0. The Hall–Kier alpha value is -0.980. The number of aromatic nitrogens is 2. The molecule has 4 nitrogen and oxygen atoms in total. The molecule has 0 saturated carbocycles. The number of halogens is 3. The van der Waals surface area contributed by atoms with E-state index in [4.69, 9.17) is 11.6 Å². The van der Waals surface area contributed by atoms with Crippen molar-refractivity contribution in [2.75, 3.05) is 5.32 Å². The molecule has 2 aromatic rings. The molecule has 92 valence electrons. The molecule has 18 heavy (non-hydrogen) atoms. The predicted molar refractivity (Wildman–Crippen MR) is 76.8 cm³/mol. The Kier molecular flexibility index (Phi) is 4.31. The van der Waals surface area contributed by atoms with Gasteiger partial charge in [-0.15, -0.1) is 0 Å². The monoisotopic (exact) mass is 389 g/mol. The first-order chi connectivity index (χ1) is 8.56. The average molecular weight is 391 g/mol. The molecular weight excluding hydrogens is 385 g/mol. The predicted octanol–water partition coefficient (Wildman–Crippen LogP) is 3.91. The molecule has 1 amide bonds. The molecule has 2 heterocycles. The highest BCUT2D eigenvalue weighted by Gasteiger charge is 2.12. The zero-order valence-corrected chi connectivity index (χ0v) is 12.8. The van der Waals surface area contributed by atoms with Crippen LogP contribution in [0.4, 0.5) is 5.69 Å². The average Bonchev–Trinajstić information content (AvgIpc) is 2.35. The Morgan fingerprint density at radius 2 is 2.00 bits per heavy atom. The van der Waals surface area contributed by atoms with E-state index in [0.29, 0.717) is 20.3 Å². The van der Waals surface area contributed by atoms with Crippen molar-refractivity contribution in [2.24, 2.45) is 0 Å². The molecule has 0 atom stereocenters. The normalized spacial score (nSPS) is 10.2. The molecule has 1 N–H and O–H groups in total. The Balaban J connectivity index is 2.21. The molecule has 2 aromatic heterocycles. The lowest BCUT2D eigenvalue weighted by molar-refractivity contribution is 0.102. The van der Waals surface area contributed by atoms with Crippen molar-refractivity contribution in [3.8, 4) is 0 Å². The molecule has 0 aromatic carbocycles. The van der Waals surface area contributed by atoms with Gasteiger partial charge in [-0.2, -0.15) is 0 Å². The summed E-state index contributed by atoms with van der Waals surface area (Å²) < 4.78 is 1.38. The number of rotatable bonds is 2. The highest BCUT2D eigenvalue weighted by Crippen LogP contribution is 2.19. The number of nitrogens with one attached hydrogen (secondary N) is 1. The second-order valence-corrected chi connectivity index (χ2v) is 5.40. The van der Waals surface area contributed by atoms with Gasteiger partial charge in [-0.1, -0.05) is 11.6 Å². The maximum absolute atomic E-state index is 12.0. The van der Waals surface area contributed by atoms with Gasteiger partial charge in [-0.25, -0.2) is 9.97 Å². The van der Waals surface area contributed by atoms with Crippen LogP contribution < -0.4 is 5.32 Å². The standard InChI is InChI=1S/C11H6Br2ClN3O/c12-6-3-8(10(14)16-4-6)11(18)17-7-1-2-9(13)15-5-7/h1-5H,(H,17,18). The first-order valence-electron chi connectivity index (χ1n) is 4.80. The van der Waals surface area contributed by atoms with E-state index in [2.05, 4.69) is 47.1 Å². The van der Waals surface area contributed by atoms with Gasteiger partial charge in [0.15, 0.2) is 0 Å². The van der Waals surface area contributed by atoms with Crippen molar-refractivity contribution in [3.05, 3.63) is 50.4 Å². The minimum absolute atomic E-state index is 0.153. The van der Waals surface area contributed by atoms with Crippen LogP contribution in [0.5, 0.6) is 0 Å². The molecular formula is C11H6Br2ClN3O. The van der Waals surface area contributed by atoms with E-state index in [-0.39, 0.29) is 11.1 Å². The first-order valence-corrected chi connectivity index (χ1v) is 6.76. The van der Waals surface area contributed by atoms with Crippen LogP contribution in [0.15, 0.2) is 39.7 Å². The van der Waals surface area contributed by atoms with E-state index in [1.165, 1.54) is 6.20 Å². The maximum atomic E-state index is 12.0. The van der Waals surface area contributed by atoms with Crippen LogP contribution in [0.25, 0.3) is 0 Å². The smallest absolute Gasteiger partial charge is 0.258 e. The van der Waals surface area contributed by atoms with Crippen molar-refractivity contribution in [1.29, 1.82) is 0 Å². The largest absolute Gasteiger partial charge is 0.320 e. The van der Waals surface area contributed by atoms with Gasteiger partial charge < -0.3 is 5.32 Å². The van der Waals surface area contributed by atoms with Crippen molar-refractivity contribution in [1.82, 2.24) is 9.97 Å². The lowest BCUT2D eigenvalue weighted by Crippen LogP contribution is -2.13. The van der Waals surface area contributed by atoms with E-state index in [1.54, 1.807) is 24.4 Å². The molecule has 0 unspecified atom stereocenters. The van der Waals surface area contributed by atoms with Crippen LogP contribution in [-0.4, -0.2) is 15.9 Å². The van der Waals surface area contributed by atoms with Crippen LogP contribution in [0, 0.1) is 0 Å². The highest BCUT2D eigenvalue weighted by molar-refractivity contribution is 9.10. The zero-order chi connectivity index (χ0) is 13.1. The van der Waals surface area contributed by atoms with Crippen molar-refractivity contribution in [3.63, 3.8) is 0 Å². The maximum Gasteiger partial charge on any atom is 0.258 e. The van der Waals surface area contributed by atoms with Crippen LogP contribution in [0.2, 0.25) is 5.15 Å². The Morgan fingerprint density at radius 3 is 2.67 bits per heavy atom. The lowest BCUT2D eigenvalue weighted by Gasteiger charge is -2.06. The van der Waals surface area contributed by atoms with E-state index in [9.17, 15) is 4.79 Å². The number of hydrogen-bond donors (Lipinski definition) is 1. The molecule has 7 heteroatoms. The number of hydrogen-bond acceptors (Lipinski definition) is 3. The molecule has 0 saturated heterocycles. The van der Waals surface area contributed by atoms with Gasteiger partial charge in [0, 0.05) is 10.7 Å². The molecule has 0 aliphatic rings. The summed E-state index contributed by atoms with van der Waals surface area (Å²) in [4.78, 5) is 19.9. The number of pyridine rings is 2. The topological polar surface area (TPSA) is 54.9 Å². The number of anilines is 1. The third-order valence-electron chi connectivity index (χ3n) is 2.04. The van der Waals surface area contributed by atoms with E-state index in [0.717, 1.165) is 0 Å². The van der Waals surface area contributed by atoms with Crippen LogP contribution in [0.3, 0.4) is 0 Å². The van der Waals surface area contributed by atoms with Crippen LogP contribution in [0.1, 0.15) is 10.4 Å². The summed E-state index contributed by atoms with van der Waals surface area (Å²) in [5.41, 5.74) is 0.883. The summed E-state index contributed by atoms with van der Waals surface area (Å²) >= 11 is 12.3. The first kappa shape index (κ1) is 13.5. The molecule has 2 rings (SSSR count). The number of carbonyl (C=O) groups is 1. The quantitative estimate of drug-likeness (QED) is 0.790. The molecule has 0 spiro atoms. The summed E-state index contributed by atoms with van der Waals surface area (Å²) in [5, 5.41) is 2.84. The molecule has 0 aliphatic heterocycles. The number of nitrogens with zero attached hydrogens (tertiary/aromatic N) is 2. The minimum atomic E-state index is -0.335. The van der Waals surface area contributed by atoms with Gasteiger partial charge in [0.05, 0.1) is 17.4 Å². The van der Waals surface area contributed by atoms with Gasteiger partial charge in [-0.3, -0.25) is 4.79 Å². The molecule has 0 bridgehead atoms. The summed E-state index contributed by atoms with van der Waals surface area (Å²) in [7, 11) is 0. The summed E-state index contributed by atoms with van der Waals surface area (Å²) in [6.07, 6.45) is 3.07. The number of amides is 1. The third kappa shape index (κ3) is 3.28. The van der Waals surface area contributed by atoms with E-state index < -0.39 is 0 Å². The molecule has 0 fully saturated rings. The SMILES string of the molecule is O=C(Nc1ccc(Br)nc1)c1cc(Br)cnc1Cl. The van der Waals surface area contributed by atoms with E-state index in [1.807, 2.05) is 0 Å². The van der Waals surface area contributed by atoms with E-state index >= 15 is 0 Å². The Bertz CT molecular complexity index is 589. The van der Waals surface area contributed by atoms with Crippen molar-refractivity contribution in [2.45, 2.75) is 0 Å². The number of carbonyl (C=O) groups excluding carboxylic acids is 1. The summed E-state index contributed by atoms with van der Waals surface area (Å²) in [6.45, 7) is 0. The lowest BCUT2D eigenvalue weighted by atomic mass is 10.2.